The minimum Gasteiger partial charge on any atom is -0.494 e. The van der Waals surface area contributed by atoms with Crippen LogP contribution in [0.25, 0.3) is 5.76 Å². The van der Waals surface area contributed by atoms with Crippen LogP contribution in [0.1, 0.15) is 184 Å². The van der Waals surface area contributed by atoms with Crippen LogP contribution >= 0.6 is 0 Å². The van der Waals surface area contributed by atoms with E-state index in [1.807, 2.05) is 36.4 Å². The van der Waals surface area contributed by atoms with E-state index in [4.69, 9.17) is 31.8 Å². The smallest absolute Gasteiger partial charge is 0.339 e. The molecule has 0 aromatic heterocycles. The van der Waals surface area contributed by atoms with Gasteiger partial charge in [0.25, 0.3) is 0 Å². The number of unbranched alkanes of at least 4 members (excludes halogenated alkanes) is 3. The van der Waals surface area contributed by atoms with E-state index in [1.165, 1.54) is 77.0 Å². The fourth-order valence-electron chi connectivity index (χ4n) is 11.3. The van der Waals surface area contributed by atoms with Crippen molar-refractivity contribution in [2.45, 2.75) is 179 Å². The van der Waals surface area contributed by atoms with Gasteiger partial charge in [-0.05, 0) is 187 Å². The summed E-state index contributed by atoms with van der Waals surface area (Å²) in [7, 11) is 0. The maximum absolute atomic E-state index is 13.2. The highest BCUT2D eigenvalue weighted by Gasteiger charge is 2.41. The Morgan fingerprint density at radius 1 is 0.567 bits per heavy atom. The summed E-state index contributed by atoms with van der Waals surface area (Å²) in [5, 5.41) is 0. The molecule has 0 heterocycles. The average Bonchev–Trinajstić information content (AvgIpc) is 3.29. The Morgan fingerprint density at radius 3 is 1.35 bits per heavy atom. The first-order valence-corrected chi connectivity index (χ1v) is 24.3. The molecule has 0 aliphatic heterocycles. The quantitative estimate of drug-likeness (QED) is 0.0577. The van der Waals surface area contributed by atoms with Gasteiger partial charge in [-0.2, -0.15) is 0 Å². The van der Waals surface area contributed by atoms with Crippen molar-refractivity contribution in [3.05, 3.63) is 66.2 Å². The zero-order valence-corrected chi connectivity index (χ0v) is 37.4. The normalized spacial score (nSPS) is 29.3. The van der Waals surface area contributed by atoms with Crippen molar-refractivity contribution >= 4 is 11.7 Å². The molecule has 5 nitrogen and oxygen atoms in total. The topological polar surface area (TPSA) is 54.0 Å². The van der Waals surface area contributed by atoms with Gasteiger partial charge in [0, 0.05) is 5.56 Å². The van der Waals surface area contributed by atoms with Crippen LogP contribution in [0, 0.1) is 60.2 Å². The average molecular weight is 817 g/mol. The number of carbonyl (C=O) groups excluding carboxylic acids is 1. The molecule has 2 aromatic carbocycles. The van der Waals surface area contributed by atoms with Crippen molar-refractivity contribution in [3.63, 3.8) is 0 Å². The second-order valence-corrected chi connectivity index (χ2v) is 19.2. The monoisotopic (exact) mass is 817 g/mol. The molecular weight excluding hydrogens is 741 g/mol. The largest absolute Gasteiger partial charge is 0.494 e. The number of esters is 1. The molecule has 0 N–H and O–H groups in total. The van der Waals surface area contributed by atoms with E-state index >= 15 is 0 Å². The van der Waals surface area contributed by atoms with Gasteiger partial charge < -0.3 is 18.9 Å². The first-order chi connectivity index (χ1) is 29.3. The van der Waals surface area contributed by atoms with Crippen molar-refractivity contribution < 1.29 is 23.7 Å². The molecule has 4 aliphatic rings. The number of rotatable bonds is 20. The number of ether oxygens (including phenoxy) is 4. The summed E-state index contributed by atoms with van der Waals surface area (Å²) in [6.07, 6.45) is 40.3. The molecule has 5 heteroatoms. The molecule has 0 radical (unpaired) electrons. The van der Waals surface area contributed by atoms with Gasteiger partial charge in [0.05, 0.1) is 18.8 Å². The molecule has 6 rings (SSSR count). The lowest BCUT2D eigenvalue weighted by molar-refractivity contribution is -0.0195. The van der Waals surface area contributed by atoms with E-state index in [-0.39, 0.29) is 5.97 Å². The zero-order chi connectivity index (χ0) is 42.2. The lowest BCUT2D eigenvalue weighted by Gasteiger charge is -2.41. The third kappa shape index (κ3) is 12.8. The van der Waals surface area contributed by atoms with Crippen molar-refractivity contribution in [2.75, 3.05) is 13.2 Å². The van der Waals surface area contributed by atoms with Gasteiger partial charge in [0.1, 0.15) is 17.3 Å². The third-order valence-corrected chi connectivity index (χ3v) is 15.2. The summed E-state index contributed by atoms with van der Waals surface area (Å²) in [5.41, 5.74) is 0.121. The van der Waals surface area contributed by atoms with Crippen molar-refractivity contribution in [1.29, 1.82) is 0 Å². The highest BCUT2D eigenvalue weighted by Crippen LogP contribution is 2.46. The molecule has 0 spiro atoms. The van der Waals surface area contributed by atoms with E-state index < -0.39 is 11.2 Å². The maximum Gasteiger partial charge on any atom is 0.339 e. The third-order valence-electron chi connectivity index (χ3n) is 15.2. The summed E-state index contributed by atoms with van der Waals surface area (Å²) in [4.78, 5) is 13.2. The first kappa shape index (κ1) is 45.7. The maximum atomic E-state index is 13.2. The minimum absolute atomic E-state index is 0.342. The van der Waals surface area contributed by atoms with E-state index in [0.29, 0.717) is 30.5 Å². The second kappa shape index (κ2) is 22.9. The fraction of sp³-hybridized carbons (Fsp3) is 0.655. The first-order valence-electron chi connectivity index (χ1n) is 24.3. The van der Waals surface area contributed by atoms with Gasteiger partial charge in [-0.1, -0.05) is 83.6 Å². The highest BCUT2D eigenvalue weighted by atomic mass is 16.6. The van der Waals surface area contributed by atoms with Crippen LogP contribution in [-0.2, 0) is 9.47 Å². The molecule has 0 unspecified atom stereocenters. The molecule has 0 atom stereocenters. The molecule has 60 heavy (non-hydrogen) atoms. The number of hydrogen-bond donors (Lipinski definition) is 0. The standard InChI is InChI=1S/C55H76O5/c1-6-14-43-16-20-46(21-17-43)48-32-36-54(8-3,37-33-48)59-42(5)45-24-28-51(29-25-45)57-40-12-10-11-13-41-58-52-30-26-50(27-31-52)53(56)60-55(9-4)38-34-49(35-39-55)47-22-18-44(15-7-2)19-23-47/h3-4,24-31,43-44,46-49H,5-7,10-23,32-41H2,1-2H3. The number of carbonyl (C=O) groups is 1. The number of hydrogen-bond acceptors (Lipinski definition) is 5. The molecule has 4 saturated carbocycles. The molecule has 0 amide bonds. The van der Waals surface area contributed by atoms with Crippen LogP contribution < -0.4 is 9.47 Å². The van der Waals surface area contributed by atoms with Crippen LogP contribution in [0.15, 0.2) is 55.1 Å². The fourth-order valence-corrected chi connectivity index (χ4v) is 11.3. The van der Waals surface area contributed by atoms with Crippen LogP contribution in [0.5, 0.6) is 11.5 Å². The van der Waals surface area contributed by atoms with Crippen LogP contribution in [-0.4, -0.2) is 30.4 Å². The Bertz CT molecular complexity index is 1550. The Kier molecular flexibility index (Phi) is 17.4. The van der Waals surface area contributed by atoms with Gasteiger partial charge in [-0.3, -0.25) is 0 Å². The Hall–Kier alpha value is -3.83. The van der Waals surface area contributed by atoms with E-state index in [0.717, 1.165) is 124 Å². The predicted octanol–water partition coefficient (Wildman–Crippen LogP) is 14.2. The molecular formula is C55H76O5. The Labute approximate surface area is 364 Å². The van der Waals surface area contributed by atoms with E-state index in [1.54, 1.807) is 12.1 Å². The molecule has 2 aromatic rings. The van der Waals surface area contributed by atoms with Crippen molar-refractivity contribution in [1.82, 2.24) is 0 Å². The molecule has 0 bridgehead atoms. The summed E-state index contributed by atoms with van der Waals surface area (Å²) in [6, 6.07) is 15.3. The van der Waals surface area contributed by atoms with Crippen molar-refractivity contribution in [2.24, 2.45) is 35.5 Å². The number of terminal acetylenes is 2. The Morgan fingerprint density at radius 2 is 0.950 bits per heavy atom. The van der Waals surface area contributed by atoms with Gasteiger partial charge >= 0.3 is 5.97 Å². The van der Waals surface area contributed by atoms with Crippen LogP contribution in [0.4, 0.5) is 0 Å². The predicted molar refractivity (Wildman–Crippen MR) is 246 cm³/mol. The van der Waals surface area contributed by atoms with Crippen molar-refractivity contribution in [3.8, 4) is 36.2 Å². The van der Waals surface area contributed by atoms with Gasteiger partial charge in [-0.15, -0.1) is 12.8 Å². The van der Waals surface area contributed by atoms with Gasteiger partial charge in [-0.25, -0.2) is 4.79 Å². The van der Waals surface area contributed by atoms with E-state index in [2.05, 4.69) is 32.3 Å². The highest BCUT2D eigenvalue weighted by molar-refractivity contribution is 5.90. The summed E-state index contributed by atoms with van der Waals surface area (Å²) in [5.74, 6) is 12.9. The van der Waals surface area contributed by atoms with Crippen LogP contribution in [0.2, 0.25) is 0 Å². The Balaban J connectivity index is 0.812. The minimum atomic E-state index is -0.791. The molecule has 0 saturated heterocycles. The van der Waals surface area contributed by atoms with E-state index in [9.17, 15) is 4.79 Å². The summed E-state index contributed by atoms with van der Waals surface area (Å²) >= 11 is 0. The number of benzene rings is 2. The van der Waals surface area contributed by atoms with Crippen LogP contribution in [0.3, 0.4) is 0 Å². The molecule has 4 aliphatic carbocycles. The molecule has 4 fully saturated rings. The lowest BCUT2D eigenvalue weighted by atomic mass is 9.68. The van der Waals surface area contributed by atoms with Gasteiger partial charge in [0.15, 0.2) is 11.2 Å². The SMILES string of the molecule is C#CC1(OC(=C)c2ccc(OCCCCCCOc3ccc(C(=O)OC4(C#C)CCC(C5CCC(CCC)CC5)CC4)cc3)cc2)CCC(C2CCC(CCC)CC2)CC1. The molecule has 326 valence electrons. The summed E-state index contributed by atoms with van der Waals surface area (Å²) < 4.78 is 24.6. The zero-order valence-electron chi connectivity index (χ0n) is 37.4. The summed E-state index contributed by atoms with van der Waals surface area (Å²) in [6.45, 7) is 10.2. The lowest BCUT2D eigenvalue weighted by Crippen LogP contribution is -2.39. The second-order valence-electron chi connectivity index (χ2n) is 19.2. The van der Waals surface area contributed by atoms with Gasteiger partial charge in [0.2, 0.25) is 0 Å².